The van der Waals surface area contributed by atoms with Crippen molar-refractivity contribution >= 4 is 51.4 Å². The molecule has 3 rings (SSSR count). The van der Waals surface area contributed by atoms with Gasteiger partial charge in [-0.3, -0.25) is 9.69 Å². The first-order valence-corrected chi connectivity index (χ1v) is 10.9. The lowest BCUT2D eigenvalue weighted by molar-refractivity contribution is -0.139. The maximum atomic E-state index is 12.4. The molecule has 0 bridgehead atoms. The molecule has 0 aliphatic heterocycles. The van der Waals surface area contributed by atoms with Gasteiger partial charge < -0.3 is 4.74 Å². The average molecular weight is 427 g/mol. The van der Waals surface area contributed by atoms with Crippen molar-refractivity contribution in [2.75, 3.05) is 4.90 Å². The molecule has 2 heterocycles. The summed E-state index contributed by atoms with van der Waals surface area (Å²) in [6.45, 7) is 7.59. The lowest BCUT2D eigenvalue weighted by Crippen LogP contribution is -2.24. The lowest BCUT2D eigenvalue weighted by Gasteiger charge is -2.23. The number of carbonyl (C=O) groups excluding carboxylic acids is 2. The van der Waals surface area contributed by atoms with Crippen LogP contribution in [-0.2, 0) is 20.9 Å². The topological polar surface area (TPSA) is 59.5 Å². The van der Waals surface area contributed by atoms with Crippen molar-refractivity contribution in [3.8, 4) is 0 Å². The Morgan fingerprint density at radius 3 is 2.52 bits per heavy atom. The van der Waals surface area contributed by atoms with Gasteiger partial charge in [0.05, 0.1) is 11.4 Å². The number of ether oxygens (including phenoxy) is 1. The van der Waals surface area contributed by atoms with Crippen LogP contribution in [0.1, 0.15) is 34.9 Å². The van der Waals surface area contributed by atoms with E-state index in [0.717, 1.165) is 27.9 Å². The summed E-state index contributed by atoms with van der Waals surface area (Å²) in [5.74, 6) is -0.545. The third-order valence-electron chi connectivity index (χ3n) is 4.22. The van der Waals surface area contributed by atoms with Crippen LogP contribution in [-0.4, -0.2) is 16.9 Å². The van der Waals surface area contributed by atoms with Gasteiger partial charge in [-0.25, -0.2) is 9.78 Å². The number of benzene rings is 1. The summed E-state index contributed by atoms with van der Waals surface area (Å²) in [5, 5.41) is 6.26. The number of aromatic nitrogens is 1. The van der Waals surface area contributed by atoms with Gasteiger partial charge in [-0.1, -0.05) is 17.7 Å². The predicted octanol–water partition coefficient (Wildman–Crippen LogP) is 5.57. The van der Waals surface area contributed by atoms with Crippen molar-refractivity contribution in [1.82, 2.24) is 4.98 Å². The van der Waals surface area contributed by atoms with Crippen LogP contribution in [0.2, 0.25) is 0 Å². The summed E-state index contributed by atoms with van der Waals surface area (Å²) in [6, 6.07) is 6.02. The molecule has 5 nitrogen and oxygen atoms in total. The highest BCUT2D eigenvalue weighted by Crippen LogP contribution is 2.34. The summed E-state index contributed by atoms with van der Waals surface area (Å²) < 4.78 is 5.27. The van der Waals surface area contributed by atoms with Crippen molar-refractivity contribution in [2.45, 2.75) is 34.3 Å². The molecule has 2 aromatic heterocycles. The number of esters is 1. The summed E-state index contributed by atoms with van der Waals surface area (Å²) in [7, 11) is 0. The van der Waals surface area contributed by atoms with Crippen LogP contribution in [0.5, 0.6) is 0 Å². The Balaban J connectivity index is 1.73. The molecular formula is C22H22N2O3S2. The second-order valence-corrected chi connectivity index (χ2v) is 8.34. The molecular weight excluding hydrogens is 404 g/mol. The van der Waals surface area contributed by atoms with Crippen molar-refractivity contribution in [3.05, 3.63) is 68.4 Å². The van der Waals surface area contributed by atoms with Gasteiger partial charge in [-0.2, -0.15) is 11.3 Å². The van der Waals surface area contributed by atoms with Crippen LogP contribution in [0.3, 0.4) is 0 Å². The number of amides is 1. The molecule has 3 aromatic rings. The Morgan fingerprint density at radius 1 is 1.17 bits per heavy atom. The normalized spacial score (nSPS) is 11.0. The van der Waals surface area contributed by atoms with Gasteiger partial charge in [0.15, 0.2) is 5.13 Å². The number of nitrogens with zero attached hydrogens (tertiary/aromatic N) is 2. The van der Waals surface area contributed by atoms with Gasteiger partial charge in [0.25, 0.3) is 0 Å². The molecule has 0 saturated heterocycles. The first-order chi connectivity index (χ1) is 13.8. The van der Waals surface area contributed by atoms with Crippen LogP contribution >= 0.6 is 22.7 Å². The van der Waals surface area contributed by atoms with Crippen LogP contribution in [0, 0.1) is 20.8 Å². The summed E-state index contributed by atoms with van der Waals surface area (Å²) in [6.07, 6.45) is 3.11. The molecule has 0 radical (unpaired) electrons. The van der Waals surface area contributed by atoms with E-state index >= 15 is 0 Å². The predicted molar refractivity (Wildman–Crippen MR) is 119 cm³/mol. The number of thiophene rings is 1. The highest BCUT2D eigenvalue weighted by molar-refractivity contribution is 7.14. The fraction of sp³-hybridized carbons (Fsp3) is 0.227. The van der Waals surface area contributed by atoms with Crippen LogP contribution in [0.25, 0.3) is 6.08 Å². The maximum absolute atomic E-state index is 12.4. The second kappa shape index (κ2) is 9.15. The monoisotopic (exact) mass is 426 g/mol. The molecule has 7 heteroatoms. The molecule has 0 fully saturated rings. The van der Waals surface area contributed by atoms with Gasteiger partial charge in [0.2, 0.25) is 5.91 Å². The number of thiazole rings is 1. The third kappa shape index (κ3) is 5.19. The first kappa shape index (κ1) is 21.0. The molecule has 0 unspecified atom stereocenters. The van der Waals surface area contributed by atoms with Crippen LogP contribution in [0.4, 0.5) is 10.8 Å². The van der Waals surface area contributed by atoms with Crippen molar-refractivity contribution < 1.29 is 14.3 Å². The van der Waals surface area contributed by atoms with Gasteiger partial charge in [-0.05, 0) is 60.4 Å². The minimum atomic E-state index is -0.431. The number of rotatable bonds is 6. The largest absolute Gasteiger partial charge is 0.456 e. The van der Waals surface area contributed by atoms with Crippen molar-refractivity contribution in [3.63, 3.8) is 0 Å². The second-order valence-electron chi connectivity index (χ2n) is 6.72. The fourth-order valence-corrected chi connectivity index (χ4v) is 4.59. The fourth-order valence-electron chi connectivity index (χ4n) is 3.11. The average Bonchev–Trinajstić information content (AvgIpc) is 3.32. The van der Waals surface area contributed by atoms with E-state index in [4.69, 9.17) is 4.74 Å². The molecule has 150 valence electrons. The molecule has 0 aliphatic carbocycles. The summed E-state index contributed by atoms with van der Waals surface area (Å²) in [5.41, 5.74) is 5.59. The van der Waals surface area contributed by atoms with Gasteiger partial charge in [0, 0.05) is 18.4 Å². The smallest absolute Gasteiger partial charge is 0.331 e. The highest BCUT2D eigenvalue weighted by atomic mass is 32.1. The van der Waals surface area contributed by atoms with E-state index in [-0.39, 0.29) is 12.5 Å². The van der Waals surface area contributed by atoms with Gasteiger partial charge >= 0.3 is 5.97 Å². The van der Waals surface area contributed by atoms with Gasteiger partial charge in [0.1, 0.15) is 6.61 Å². The van der Waals surface area contributed by atoms with Gasteiger partial charge in [-0.15, -0.1) is 11.3 Å². The summed E-state index contributed by atoms with van der Waals surface area (Å²) in [4.78, 5) is 30.5. The quantitative estimate of drug-likeness (QED) is 0.382. The molecule has 29 heavy (non-hydrogen) atoms. The highest BCUT2D eigenvalue weighted by Gasteiger charge is 2.22. The van der Waals surface area contributed by atoms with E-state index in [1.165, 1.54) is 24.3 Å². The van der Waals surface area contributed by atoms with E-state index in [0.29, 0.717) is 10.8 Å². The number of aryl methyl sites for hydroxylation is 3. The van der Waals surface area contributed by atoms with E-state index in [1.807, 2.05) is 49.7 Å². The number of carbonyl (C=O) groups is 2. The Hall–Kier alpha value is -2.77. The Morgan fingerprint density at radius 2 is 1.90 bits per heavy atom. The Bertz CT molecular complexity index is 1030. The van der Waals surface area contributed by atoms with E-state index in [1.54, 1.807) is 27.7 Å². The number of hydrogen-bond acceptors (Lipinski definition) is 6. The van der Waals surface area contributed by atoms with Crippen LogP contribution in [0.15, 0.2) is 40.4 Å². The zero-order chi connectivity index (χ0) is 21.0. The molecule has 0 saturated carbocycles. The van der Waals surface area contributed by atoms with Crippen molar-refractivity contribution in [1.29, 1.82) is 0 Å². The van der Waals surface area contributed by atoms with Crippen LogP contribution < -0.4 is 4.90 Å². The zero-order valence-corrected chi connectivity index (χ0v) is 18.4. The van der Waals surface area contributed by atoms with E-state index in [2.05, 4.69) is 4.98 Å². The minimum Gasteiger partial charge on any atom is -0.456 e. The molecule has 0 atom stereocenters. The lowest BCUT2D eigenvalue weighted by atomic mass is 10.0. The minimum absolute atomic E-state index is 0.0565. The third-order valence-corrected chi connectivity index (χ3v) is 5.80. The number of hydrogen-bond donors (Lipinski definition) is 0. The van der Waals surface area contributed by atoms with E-state index < -0.39 is 5.97 Å². The molecule has 1 aromatic carbocycles. The Kier molecular flexibility index (Phi) is 6.61. The number of anilines is 2. The molecule has 1 amide bonds. The maximum Gasteiger partial charge on any atom is 0.331 e. The Labute approximate surface area is 178 Å². The molecule has 0 spiro atoms. The molecule has 0 aliphatic rings. The summed E-state index contributed by atoms with van der Waals surface area (Å²) >= 11 is 2.92. The van der Waals surface area contributed by atoms with Crippen molar-refractivity contribution in [2.24, 2.45) is 0 Å². The standard InChI is InChI=1S/C22H22N2O3S2/c1-14-9-15(2)21(16(3)10-14)24(17(4)25)22-23-19(13-29-22)11-27-20(26)6-5-18-7-8-28-12-18/h5-10,12-13H,11H2,1-4H3. The first-order valence-electron chi connectivity index (χ1n) is 9.05. The molecule has 0 N–H and O–H groups in total. The van der Waals surface area contributed by atoms with E-state index in [9.17, 15) is 9.59 Å². The zero-order valence-electron chi connectivity index (χ0n) is 16.8. The SMILES string of the molecule is CC(=O)N(c1nc(COC(=O)C=Cc2ccsc2)cs1)c1c(C)cc(C)cc1C.